The lowest BCUT2D eigenvalue weighted by molar-refractivity contribution is 0.112. The summed E-state index contributed by atoms with van der Waals surface area (Å²) in [5, 5.41) is 4.54. The quantitative estimate of drug-likeness (QED) is 0.572. The number of nitrogens with zero attached hydrogens (tertiary/aromatic N) is 2. The largest absolute Gasteiger partial charge is 0.298 e. The number of carbonyl (C=O) groups is 1. The molecule has 1 aromatic carbocycles. The van der Waals surface area contributed by atoms with Crippen molar-refractivity contribution in [2.24, 2.45) is 0 Å². The molecule has 2 heterocycles. The van der Waals surface area contributed by atoms with E-state index in [1.165, 1.54) is 0 Å². The van der Waals surface area contributed by atoms with Crippen LogP contribution in [0.5, 0.6) is 0 Å². The molecule has 0 saturated carbocycles. The molecule has 20 heavy (non-hydrogen) atoms. The van der Waals surface area contributed by atoms with Gasteiger partial charge < -0.3 is 0 Å². The van der Waals surface area contributed by atoms with Gasteiger partial charge in [-0.3, -0.25) is 4.79 Å². The molecule has 0 aliphatic heterocycles. The second kappa shape index (κ2) is 5.63. The Labute approximate surface area is 136 Å². The molecule has 2 aromatic heterocycles. The summed E-state index contributed by atoms with van der Waals surface area (Å²) in [7, 11) is 0. The fourth-order valence-electron chi connectivity index (χ4n) is 1.87. The van der Waals surface area contributed by atoms with Gasteiger partial charge in [0.2, 0.25) is 0 Å². The summed E-state index contributed by atoms with van der Waals surface area (Å²) < 4.78 is 3.66. The summed E-state index contributed by atoms with van der Waals surface area (Å²) in [5.74, 6) is 0. The smallest absolute Gasteiger partial charge is 0.153 e. The summed E-state index contributed by atoms with van der Waals surface area (Å²) >= 11 is 8.48. The highest BCUT2D eigenvalue weighted by molar-refractivity contribution is 9.11. The van der Waals surface area contributed by atoms with Gasteiger partial charge in [-0.2, -0.15) is 5.10 Å². The van der Waals surface area contributed by atoms with E-state index in [1.54, 1.807) is 22.2 Å². The molecular formula is C14H8Br2N2OS. The van der Waals surface area contributed by atoms with Gasteiger partial charge in [0.15, 0.2) is 6.29 Å². The average molecular weight is 412 g/mol. The summed E-state index contributed by atoms with van der Waals surface area (Å²) in [5.41, 5.74) is 2.18. The van der Waals surface area contributed by atoms with E-state index in [1.807, 2.05) is 36.4 Å². The molecular weight excluding hydrogens is 404 g/mol. The molecule has 0 radical (unpaired) electrons. The Morgan fingerprint density at radius 3 is 2.60 bits per heavy atom. The number of aromatic nitrogens is 2. The first kappa shape index (κ1) is 13.7. The summed E-state index contributed by atoms with van der Waals surface area (Å²) in [6, 6.07) is 11.7. The van der Waals surface area contributed by atoms with Gasteiger partial charge in [0.05, 0.1) is 19.9 Å². The first-order valence-corrected chi connectivity index (χ1v) is 8.15. The fourth-order valence-corrected chi connectivity index (χ4v) is 3.73. The fraction of sp³-hybridized carbons (Fsp3) is 0. The zero-order valence-electron chi connectivity index (χ0n) is 10.1. The van der Waals surface area contributed by atoms with Crippen LogP contribution in [-0.2, 0) is 0 Å². The normalized spacial score (nSPS) is 10.7. The lowest BCUT2D eigenvalue weighted by Crippen LogP contribution is -1.95. The van der Waals surface area contributed by atoms with Gasteiger partial charge in [-0.15, -0.1) is 11.3 Å². The Morgan fingerprint density at radius 1 is 1.15 bits per heavy atom. The van der Waals surface area contributed by atoms with Crippen molar-refractivity contribution in [3.8, 4) is 16.3 Å². The van der Waals surface area contributed by atoms with Crippen LogP contribution >= 0.6 is 43.2 Å². The summed E-state index contributed by atoms with van der Waals surface area (Å²) in [6.07, 6.45) is 2.58. The van der Waals surface area contributed by atoms with Crippen LogP contribution in [0.25, 0.3) is 16.3 Å². The zero-order valence-corrected chi connectivity index (χ0v) is 14.1. The molecule has 0 unspecified atom stereocenters. The first-order valence-electron chi connectivity index (χ1n) is 5.74. The van der Waals surface area contributed by atoms with Crippen molar-refractivity contribution in [3.05, 3.63) is 56.4 Å². The predicted molar refractivity (Wildman–Crippen MR) is 87.7 cm³/mol. The molecule has 0 amide bonds. The number of benzene rings is 1. The van der Waals surface area contributed by atoms with Gasteiger partial charge in [-0.1, -0.05) is 12.1 Å². The molecule has 0 fully saturated rings. The van der Waals surface area contributed by atoms with Crippen LogP contribution in [0.3, 0.4) is 0 Å². The van der Waals surface area contributed by atoms with Crippen molar-refractivity contribution in [3.63, 3.8) is 0 Å². The number of aldehydes is 1. The number of hydrogen-bond acceptors (Lipinski definition) is 3. The Balaban J connectivity index is 2.14. The van der Waals surface area contributed by atoms with Crippen molar-refractivity contribution < 1.29 is 4.79 Å². The summed E-state index contributed by atoms with van der Waals surface area (Å²) in [4.78, 5) is 12.2. The molecule has 0 atom stereocenters. The van der Waals surface area contributed by atoms with Crippen LogP contribution in [0.4, 0.5) is 0 Å². The average Bonchev–Trinajstić information content (AvgIpc) is 3.05. The highest BCUT2D eigenvalue weighted by Gasteiger charge is 2.14. The van der Waals surface area contributed by atoms with Gasteiger partial charge in [-0.25, -0.2) is 4.68 Å². The minimum Gasteiger partial charge on any atom is -0.298 e. The van der Waals surface area contributed by atoms with E-state index in [2.05, 4.69) is 37.0 Å². The van der Waals surface area contributed by atoms with Crippen LogP contribution in [-0.4, -0.2) is 16.1 Å². The minimum absolute atomic E-state index is 0.579. The van der Waals surface area contributed by atoms with Gasteiger partial charge in [0, 0.05) is 10.7 Å². The topological polar surface area (TPSA) is 34.9 Å². The Hall–Kier alpha value is -1.24. The molecule has 0 saturated heterocycles. The molecule has 0 N–H and O–H groups in total. The molecule has 0 aliphatic carbocycles. The van der Waals surface area contributed by atoms with Crippen LogP contribution in [0.1, 0.15) is 10.4 Å². The van der Waals surface area contributed by atoms with Crippen LogP contribution in [0.2, 0.25) is 0 Å². The van der Waals surface area contributed by atoms with Crippen molar-refractivity contribution in [1.82, 2.24) is 9.78 Å². The number of carbonyl (C=O) groups excluding carboxylic acids is 1. The predicted octanol–water partition coefficient (Wildman–Crippen LogP) is 4.94. The van der Waals surface area contributed by atoms with Gasteiger partial charge in [-0.05, 0) is 56.1 Å². The Morgan fingerprint density at radius 2 is 1.95 bits per heavy atom. The second-order valence-electron chi connectivity index (χ2n) is 4.05. The van der Waals surface area contributed by atoms with Crippen molar-refractivity contribution in [1.29, 1.82) is 0 Å². The van der Waals surface area contributed by atoms with E-state index < -0.39 is 0 Å². The Bertz CT molecular complexity index is 779. The molecule has 6 heteroatoms. The third kappa shape index (κ3) is 2.51. The van der Waals surface area contributed by atoms with Crippen molar-refractivity contribution >= 4 is 49.5 Å². The van der Waals surface area contributed by atoms with Gasteiger partial charge >= 0.3 is 0 Å². The van der Waals surface area contributed by atoms with Gasteiger partial charge in [0.1, 0.15) is 5.69 Å². The van der Waals surface area contributed by atoms with E-state index in [0.717, 1.165) is 25.1 Å². The molecule has 3 aromatic rings. The molecule has 3 nitrogen and oxygen atoms in total. The minimum atomic E-state index is 0.579. The second-order valence-corrected chi connectivity index (χ2v) is 7.37. The van der Waals surface area contributed by atoms with E-state index >= 15 is 0 Å². The maximum atomic E-state index is 11.3. The lowest BCUT2D eigenvalue weighted by Gasteiger charge is -2.03. The molecule has 100 valence electrons. The highest BCUT2D eigenvalue weighted by atomic mass is 79.9. The number of rotatable bonds is 3. The number of halogens is 2. The maximum absolute atomic E-state index is 11.3. The molecule has 3 rings (SSSR count). The number of hydrogen-bond donors (Lipinski definition) is 0. The monoisotopic (exact) mass is 410 g/mol. The van der Waals surface area contributed by atoms with Crippen molar-refractivity contribution in [2.75, 3.05) is 0 Å². The van der Waals surface area contributed by atoms with Crippen molar-refractivity contribution in [2.45, 2.75) is 0 Å². The van der Waals surface area contributed by atoms with Crippen LogP contribution in [0.15, 0.2) is 50.9 Å². The zero-order chi connectivity index (χ0) is 14.1. The van der Waals surface area contributed by atoms with E-state index in [0.29, 0.717) is 11.3 Å². The maximum Gasteiger partial charge on any atom is 0.153 e. The first-order chi connectivity index (χ1) is 9.69. The standard InChI is InChI=1S/C14H8Br2N2OS/c15-10-3-1-2-4-11(10)18-7-9(8-19)14(17-18)12-5-6-13(16)20-12/h1-8H. The van der Waals surface area contributed by atoms with E-state index in [4.69, 9.17) is 0 Å². The number of thiophene rings is 1. The third-order valence-electron chi connectivity index (χ3n) is 2.78. The highest BCUT2D eigenvalue weighted by Crippen LogP contribution is 2.33. The number of para-hydroxylation sites is 1. The third-order valence-corrected chi connectivity index (χ3v) is 5.08. The van der Waals surface area contributed by atoms with E-state index in [9.17, 15) is 4.79 Å². The van der Waals surface area contributed by atoms with Crippen LogP contribution in [0, 0.1) is 0 Å². The van der Waals surface area contributed by atoms with Gasteiger partial charge in [0.25, 0.3) is 0 Å². The lowest BCUT2D eigenvalue weighted by atomic mass is 10.2. The van der Waals surface area contributed by atoms with Crippen LogP contribution < -0.4 is 0 Å². The molecule has 0 bridgehead atoms. The molecule has 0 spiro atoms. The SMILES string of the molecule is O=Cc1cn(-c2ccccc2Br)nc1-c1ccc(Br)s1. The summed E-state index contributed by atoms with van der Waals surface area (Å²) in [6.45, 7) is 0. The Kier molecular flexibility index (Phi) is 3.87. The molecule has 0 aliphatic rings. The van der Waals surface area contributed by atoms with E-state index in [-0.39, 0.29) is 0 Å².